The first-order chi connectivity index (χ1) is 12.5. The lowest BCUT2D eigenvalue weighted by atomic mass is 10.1. The quantitative estimate of drug-likeness (QED) is 0.739. The Hall–Kier alpha value is -3.41. The molecule has 0 bridgehead atoms. The van der Waals surface area contributed by atoms with Crippen molar-refractivity contribution in [3.05, 3.63) is 83.1 Å². The molecule has 0 spiro atoms. The normalized spacial score (nSPS) is 10.4. The van der Waals surface area contributed by atoms with Crippen LogP contribution >= 0.6 is 0 Å². The molecule has 2 aromatic heterocycles. The molecule has 1 aromatic carbocycles. The lowest BCUT2D eigenvalue weighted by Crippen LogP contribution is -2.24. The van der Waals surface area contributed by atoms with Gasteiger partial charge < -0.3 is 15.1 Å². The summed E-state index contributed by atoms with van der Waals surface area (Å²) in [5.74, 6) is -0.0970. The maximum Gasteiger partial charge on any atom is 0.274 e. The van der Waals surface area contributed by atoms with Gasteiger partial charge in [-0.15, -0.1) is 0 Å². The van der Waals surface area contributed by atoms with Crippen LogP contribution in [-0.4, -0.2) is 16.8 Å². The number of nitrogens with zero attached hydrogens (tertiary/aromatic N) is 1. The highest BCUT2D eigenvalue weighted by molar-refractivity contribution is 6.03. The molecule has 0 saturated heterocycles. The SMILES string of the molecule is Cc1cc(C)cc(NC(=O)c2cccc(C(=O)NCc3ccco3)n2)c1. The second-order valence-corrected chi connectivity index (χ2v) is 6.00. The molecule has 3 rings (SSSR count). The summed E-state index contributed by atoms with van der Waals surface area (Å²) >= 11 is 0. The van der Waals surface area contributed by atoms with Crippen molar-refractivity contribution in [3.63, 3.8) is 0 Å². The Kier molecular flexibility index (Phi) is 5.12. The van der Waals surface area contributed by atoms with Crippen LogP contribution in [0.15, 0.2) is 59.2 Å². The molecule has 0 fully saturated rings. The third kappa shape index (κ3) is 4.36. The van der Waals surface area contributed by atoms with Crippen LogP contribution in [0.3, 0.4) is 0 Å². The fraction of sp³-hybridized carbons (Fsp3) is 0.150. The minimum Gasteiger partial charge on any atom is -0.467 e. The maximum atomic E-state index is 12.4. The third-order valence-corrected chi connectivity index (χ3v) is 3.70. The smallest absolute Gasteiger partial charge is 0.274 e. The summed E-state index contributed by atoms with van der Waals surface area (Å²) in [5.41, 5.74) is 3.15. The third-order valence-electron chi connectivity index (χ3n) is 3.70. The van der Waals surface area contributed by atoms with Crippen molar-refractivity contribution in [2.75, 3.05) is 5.32 Å². The molecule has 0 aliphatic heterocycles. The number of furan rings is 1. The number of rotatable bonds is 5. The molecule has 2 amide bonds. The first kappa shape index (κ1) is 17.4. The summed E-state index contributed by atoms with van der Waals surface area (Å²) < 4.78 is 5.17. The summed E-state index contributed by atoms with van der Waals surface area (Å²) in [7, 11) is 0. The number of aromatic nitrogens is 1. The number of carbonyl (C=O) groups excluding carboxylic acids is 2. The molecule has 0 aliphatic carbocycles. The summed E-state index contributed by atoms with van der Waals surface area (Å²) in [6.45, 7) is 4.18. The molecule has 6 heteroatoms. The largest absolute Gasteiger partial charge is 0.467 e. The van der Waals surface area contributed by atoms with E-state index in [2.05, 4.69) is 15.6 Å². The van der Waals surface area contributed by atoms with Gasteiger partial charge in [-0.05, 0) is 61.4 Å². The molecule has 6 nitrogen and oxygen atoms in total. The lowest BCUT2D eigenvalue weighted by Gasteiger charge is -2.08. The van der Waals surface area contributed by atoms with Crippen LogP contribution in [0.4, 0.5) is 5.69 Å². The zero-order valence-corrected chi connectivity index (χ0v) is 14.6. The molecular weight excluding hydrogens is 330 g/mol. The van der Waals surface area contributed by atoms with E-state index in [1.54, 1.807) is 30.3 Å². The second kappa shape index (κ2) is 7.65. The molecule has 132 valence electrons. The van der Waals surface area contributed by atoms with E-state index in [4.69, 9.17) is 4.42 Å². The number of hydrogen-bond donors (Lipinski definition) is 2. The number of benzene rings is 1. The Morgan fingerprint density at radius 2 is 1.65 bits per heavy atom. The van der Waals surface area contributed by atoms with E-state index in [1.807, 2.05) is 32.0 Å². The highest BCUT2D eigenvalue weighted by Gasteiger charge is 2.13. The Bertz CT molecular complexity index is 913. The number of anilines is 1. The van der Waals surface area contributed by atoms with Crippen LogP contribution in [0.5, 0.6) is 0 Å². The number of pyridine rings is 1. The van der Waals surface area contributed by atoms with Gasteiger partial charge in [0, 0.05) is 5.69 Å². The molecule has 26 heavy (non-hydrogen) atoms. The molecule has 0 saturated carbocycles. The topological polar surface area (TPSA) is 84.2 Å². The van der Waals surface area contributed by atoms with Crippen LogP contribution in [0.25, 0.3) is 0 Å². The summed E-state index contributed by atoms with van der Waals surface area (Å²) in [6, 6.07) is 14.1. The molecule has 0 unspecified atom stereocenters. The van der Waals surface area contributed by atoms with Crippen molar-refractivity contribution in [2.45, 2.75) is 20.4 Å². The fourth-order valence-electron chi connectivity index (χ4n) is 2.60. The van der Waals surface area contributed by atoms with Gasteiger partial charge in [-0.2, -0.15) is 0 Å². The average molecular weight is 349 g/mol. The van der Waals surface area contributed by atoms with Crippen molar-refractivity contribution in [1.29, 1.82) is 0 Å². The fourth-order valence-corrected chi connectivity index (χ4v) is 2.60. The average Bonchev–Trinajstić information content (AvgIpc) is 3.12. The van der Waals surface area contributed by atoms with Gasteiger partial charge in [0.1, 0.15) is 17.1 Å². The van der Waals surface area contributed by atoms with Gasteiger partial charge in [-0.3, -0.25) is 9.59 Å². The van der Waals surface area contributed by atoms with E-state index >= 15 is 0 Å². The monoisotopic (exact) mass is 349 g/mol. The van der Waals surface area contributed by atoms with Crippen LogP contribution in [0.2, 0.25) is 0 Å². The molecule has 0 radical (unpaired) electrons. The Morgan fingerprint density at radius 1 is 0.962 bits per heavy atom. The van der Waals surface area contributed by atoms with E-state index < -0.39 is 0 Å². The Labute approximate surface area is 151 Å². The van der Waals surface area contributed by atoms with Gasteiger partial charge >= 0.3 is 0 Å². The number of aryl methyl sites for hydroxylation is 2. The standard InChI is InChI=1S/C20H19N3O3/c1-13-9-14(2)11-15(10-13)22-20(25)18-7-3-6-17(23-18)19(24)21-12-16-5-4-8-26-16/h3-11H,12H2,1-2H3,(H,21,24)(H,22,25). The van der Waals surface area contributed by atoms with E-state index in [0.29, 0.717) is 11.4 Å². The molecule has 0 atom stereocenters. The predicted octanol–water partition coefficient (Wildman–Crippen LogP) is 3.47. The highest BCUT2D eigenvalue weighted by atomic mass is 16.3. The summed E-state index contributed by atoms with van der Waals surface area (Å²) in [4.78, 5) is 28.8. The van der Waals surface area contributed by atoms with Gasteiger partial charge in [-0.1, -0.05) is 12.1 Å². The van der Waals surface area contributed by atoms with E-state index in [9.17, 15) is 9.59 Å². The van der Waals surface area contributed by atoms with Crippen LogP contribution in [-0.2, 0) is 6.54 Å². The van der Waals surface area contributed by atoms with Crippen molar-refractivity contribution < 1.29 is 14.0 Å². The van der Waals surface area contributed by atoms with Gasteiger partial charge in [0.05, 0.1) is 12.8 Å². The van der Waals surface area contributed by atoms with Crippen molar-refractivity contribution in [3.8, 4) is 0 Å². The molecule has 0 aliphatic rings. The van der Waals surface area contributed by atoms with Gasteiger partial charge in [0.2, 0.25) is 0 Å². The first-order valence-corrected chi connectivity index (χ1v) is 8.18. The van der Waals surface area contributed by atoms with Crippen molar-refractivity contribution in [1.82, 2.24) is 10.3 Å². The number of amides is 2. The zero-order chi connectivity index (χ0) is 18.5. The number of carbonyl (C=O) groups is 2. The highest BCUT2D eigenvalue weighted by Crippen LogP contribution is 2.14. The van der Waals surface area contributed by atoms with Gasteiger partial charge in [-0.25, -0.2) is 4.98 Å². The predicted molar refractivity (Wildman–Crippen MR) is 98.0 cm³/mol. The molecule has 3 aromatic rings. The Balaban J connectivity index is 1.69. The molecule has 2 heterocycles. The number of hydrogen-bond acceptors (Lipinski definition) is 4. The summed E-state index contributed by atoms with van der Waals surface area (Å²) in [6.07, 6.45) is 1.54. The molecular formula is C20H19N3O3. The van der Waals surface area contributed by atoms with Gasteiger partial charge in [0.15, 0.2) is 0 Å². The van der Waals surface area contributed by atoms with Crippen molar-refractivity contribution >= 4 is 17.5 Å². The van der Waals surface area contributed by atoms with Crippen LogP contribution in [0, 0.1) is 13.8 Å². The van der Waals surface area contributed by atoms with E-state index in [1.165, 1.54) is 6.26 Å². The minimum absolute atomic E-state index is 0.171. The first-order valence-electron chi connectivity index (χ1n) is 8.18. The van der Waals surface area contributed by atoms with Crippen molar-refractivity contribution in [2.24, 2.45) is 0 Å². The molecule has 2 N–H and O–H groups in total. The Morgan fingerprint density at radius 3 is 2.31 bits per heavy atom. The van der Waals surface area contributed by atoms with E-state index in [-0.39, 0.29) is 29.7 Å². The van der Waals surface area contributed by atoms with Crippen LogP contribution in [0.1, 0.15) is 37.9 Å². The second-order valence-electron chi connectivity index (χ2n) is 6.00. The van der Waals surface area contributed by atoms with Crippen LogP contribution < -0.4 is 10.6 Å². The minimum atomic E-state index is -0.373. The van der Waals surface area contributed by atoms with E-state index in [0.717, 1.165) is 11.1 Å². The maximum absolute atomic E-state index is 12.4. The van der Waals surface area contributed by atoms with Gasteiger partial charge in [0.25, 0.3) is 11.8 Å². The summed E-state index contributed by atoms with van der Waals surface area (Å²) in [5, 5.41) is 5.52. The lowest BCUT2D eigenvalue weighted by molar-refractivity contribution is 0.0943. The number of nitrogens with one attached hydrogen (secondary N) is 2. The zero-order valence-electron chi connectivity index (χ0n) is 14.6.